The first kappa shape index (κ1) is 34.8. The predicted molar refractivity (Wildman–Crippen MR) is 190 cm³/mol. The molecule has 0 aliphatic rings. The standard InChI is InChI=1S/C38H32F2N4O6S/c1-41-37(45)34-29-19-28(31(44(2)51(3,47)48)20-33(29)50-36(34)25-11-15-27(40)16-12-25)30-17-18-32(49-22-24-7-5-4-6-8-24)35(43-30)38(46)42-21-23-9-13-26(39)14-10-23/h4-20H,21-22H2,1-3H3,(H,41,45)(H,42,46). The van der Waals surface area contributed by atoms with Gasteiger partial charge in [0.05, 0.1) is 23.2 Å². The number of hydrogen-bond acceptors (Lipinski definition) is 7. The second kappa shape index (κ2) is 14.4. The Morgan fingerprint density at radius 3 is 2.18 bits per heavy atom. The van der Waals surface area contributed by atoms with E-state index in [0.29, 0.717) is 16.5 Å². The van der Waals surface area contributed by atoms with Gasteiger partial charge in [0.15, 0.2) is 11.4 Å². The fraction of sp³-hybridized carbons (Fsp3) is 0.132. The topological polar surface area (TPSA) is 131 Å². The largest absolute Gasteiger partial charge is 0.486 e. The van der Waals surface area contributed by atoms with E-state index in [1.807, 2.05) is 30.3 Å². The predicted octanol–water partition coefficient (Wildman–Crippen LogP) is 6.70. The summed E-state index contributed by atoms with van der Waals surface area (Å²) in [5.74, 6) is -1.68. The highest BCUT2D eigenvalue weighted by Gasteiger charge is 2.27. The van der Waals surface area contributed by atoms with Crippen molar-refractivity contribution in [2.24, 2.45) is 0 Å². The summed E-state index contributed by atoms with van der Waals surface area (Å²) in [6.07, 6.45) is 1.03. The lowest BCUT2D eigenvalue weighted by molar-refractivity contribution is 0.0938. The van der Waals surface area contributed by atoms with Crippen LogP contribution in [0.25, 0.3) is 33.6 Å². The third kappa shape index (κ3) is 7.58. The number of nitrogens with zero attached hydrogens (tertiary/aromatic N) is 2. The zero-order valence-corrected chi connectivity index (χ0v) is 28.6. The second-order valence-corrected chi connectivity index (χ2v) is 13.6. The monoisotopic (exact) mass is 710 g/mol. The Labute approximate surface area is 292 Å². The molecule has 6 rings (SSSR count). The number of carbonyl (C=O) groups is 2. The zero-order valence-electron chi connectivity index (χ0n) is 27.7. The second-order valence-electron chi connectivity index (χ2n) is 11.6. The van der Waals surface area contributed by atoms with Crippen LogP contribution in [0.4, 0.5) is 14.5 Å². The minimum absolute atomic E-state index is 0.0633. The molecule has 0 radical (unpaired) electrons. The van der Waals surface area contributed by atoms with Gasteiger partial charge in [0.1, 0.15) is 29.6 Å². The molecule has 51 heavy (non-hydrogen) atoms. The van der Waals surface area contributed by atoms with Crippen molar-refractivity contribution in [1.82, 2.24) is 15.6 Å². The van der Waals surface area contributed by atoms with Crippen LogP contribution in [0.5, 0.6) is 5.75 Å². The number of fused-ring (bicyclic) bond motifs is 1. The lowest BCUT2D eigenvalue weighted by atomic mass is 10.0. The molecule has 0 spiro atoms. The van der Waals surface area contributed by atoms with E-state index in [0.717, 1.165) is 16.1 Å². The van der Waals surface area contributed by atoms with Crippen LogP contribution >= 0.6 is 0 Å². The van der Waals surface area contributed by atoms with Crippen molar-refractivity contribution >= 4 is 38.5 Å². The van der Waals surface area contributed by atoms with E-state index in [-0.39, 0.29) is 58.4 Å². The number of aromatic nitrogens is 1. The Bertz CT molecular complexity index is 2350. The average Bonchev–Trinajstić information content (AvgIpc) is 3.51. The van der Waals surface area contributed by atoms with Gasteiger partial charge in [0.2, 0.25) is 10.0 Å². The molecule has 0 saturated heterocycles. The van der Waals surface area contributed by atoms with E-state index in [9.17, 15) is 26.8 Å². The summed E-state index contributed by atoms with van der Waals surface area (Å²) in [5, 5.41) is 5.72. The van der Waals surface area contributed by atoms with Gasteiger partial charge in [-0.15, -0.1) is 0 Å². The van der Waals surface area contributed by atoms with Crippen LogP contribution in [-0.4, -0.2) is 45.6 Å². The van der Waals surface area contributed by atoms with Crippen molar-refractivity contribution in [1.29, 1.82) is 0 Å². The van der Waals surface area contributed by atoms with Crippen molar-refractivity contribution in [3.8, 4) is 28.3 Å². The van der Waals surface area contributed by atoms with Crippen molar-refractivity contribution in [3.63, 3.8) is 0 Å². The van der Waals surface area contributed by atoms with E-state index in [2.05, 4.69) is 10.6 Å². The number of furan rings is 1. The smallest absolute Gasteiger partial charge is 0.274 e. The highest BCUT2D eigenvalue weighted by atomic mass is 32.2. The summed E-state index contributed by atoms with van der Waals surface area (Å²) in [7, 11) is -1.03. The number of nitrogens with one attached hydrogen (secondary N) is 2. The van der Waals surface area contributed by atoms with Crippen molar-refractivity contribution in [2.75, 3.05) is 24.7 Å². The van der Waals surface area contributed by atoms with Crippen LogP contribution in [-0.2, 0) is 23.2 Å². The molecule has 2 heterocycles. The van der Waals surface area contributed by atoms with Gasteiger partial charge in [-0.05, 0) is 65.7 Å². The maximum Gasteiger partial charge on any atom is 0.274 e. The lowest BCUT2D eigenvalue weighted by Crippen LogP contribution is -2.26. The fourth-order valence-corrected chi connectivity index (χ4v) is 5.92. The average molecular weight is 711 g/mol. The Morgan fingerprint density at radius 2 is 1.53 bits per heavy atom. The Morgan fingerprint density at radius 1 is 0.863 bits per heavy atom. The fourth-order valence-electron chi connectivity index (χ4n) is 5.41. The van der Waals surface area contributed by atoms with Gasteiger partial charge >= 0.3 is 0 Å². The normalized spacial score (nSPS) is 11.3. The number of amides is 2. The Kier molecular flexibility index (Phi) is 9.83. The number of benzene rings is 4. The molecule has 0 aliphatic heterocycles. The van der Waals surface area contributed by atoms with Crippen molar-refractivity contribution in [2.45, 2.75) is 13.2 Å². The van der Waals surface area contributed by atoms with E-state index < -0.39 is 33.5 Å². The molecule has 4 aromatic carbocycles. The van der Waals surface area contributed by atoms with E-state index in [1.165, 1.54) is 56.6 Å². The molecule has 0 saturated carbocycles. The lowest BCUT2D eigenvalue weighted by Gasteiger charge is -2.21. The minimum atomic E-state index is -3.84. The molecule has 260 valence electrons. The van der Waals surface area contributed by atoms with Crippen LogP contribution in [0.15, 0.2) is 108 Å². The number of pyridine rings is 1. The van der Waals surface area contributed by atoms with Gasteiger partial charge in [-0.1, -0.05) is 42.5 Å². The third-order valence-electron chi connectivity index (χ3n) is 8.16. The Hall–Kier alpha value is -6.08. The number of sulfonamides is 1. The van der Waals surface area contributed by atoms with Crippen molar-refractivity contribution < 1.29 is 35.9 Å². The highest BCUT2D eigenvalue weighted by molar-refractivity contribution is 7.92. The zero-order chi connectivity index (χ0) is 36.3. The summed E-state index contributed by atoms with van der Waals surface area (Å²) >= 11 is 0. The van der Waals surface area contributed by atoms with E-state index in [1.54, 1.807) is 30.3 Å². The number of hydrogen-bond donors (Lipinski definition) is 2. The van der Waals surface area contributed by atoms with Gasteiger partial charge in [-0.25, -0.2) is 22.2 Å². The summed E-state index contributed by atoms with van der Waals surface area (Å²) < 4.78 is 66.3. The highest BCUT2D eigenvalue weighted by Crippen LogP contribution is 2.41. The first-order chi connectivity index (χ1) is 24.4. The summed E-state index contributed by atoms with van der Waals surface area (Å²) in [6.45, 7) is 0.193. The maximum atomic E-state index is 13.8. The summed E-state index contributed by atoms with van der Waals surface area (Å²) in [4.78, 5) is 31.7. The molecule has 2 N–H and O–H groups in total. The molecule has 13 heteroatoms. The molecule has 10 nitrogen and oxygen atoms in total. The molecular weight excluding hydrogens is 679 g/mol. The van der Waals surface area contributed by atoms with Gasteiger partial charge in [0.25, 0.3) is 11.8 Å². The molecule has 0 aliphatic carbocycles. The van der Waals surface area contributed by atoms with Crippen LogP contribution in [0, 0.1) is 11.6 Å². The summed E-state index contributed by atoms with van der Waals surface area (Å²) in [5.41, 5.74) is 2.73. The number of ether oxygens (including phenoxy) is 1. The van der Waals surface area contributed by atoms with Gasteiger partial charge in [0, 0.05) is 43.2 Å². The number of halogens is 2. The van der Waals surface area contributed by atoms with Crippen LogP contribution < -0.4 is 19.7 Å². The molecule has 6 aromatic rings. The SMILES string of the molecule is CNC(=O)c1c(-c2ccc(F)cc2)oc2cc(N(C)S(C)(=O)=O)c(-c3ccc(OCc4ccccc4)c(C(=O)NCc4ccc(F)cc4)n3)cc12. The van der Waals surface area contributed by atoms with E-state index in [4.69, 9.17) is 14.1 Å². The summed E-state index contributed by atoms with van der Waals surface area (Å²) in [6, 6.07) is 26.6. The first-order valence-corrected chi connectivity index (χ1v) is 17.5. The van der Waals surface area contributed by atoms with Crippen LogP contribution in [0.2, 0.25) is 0 Å². The maximum absolute atomic E-state index is 13.8. The molecule has 0 fully saturated rings. The van der Waals surface area contributed by atoms with Gasteiger partial charge < -0.3 is 19.8 Å². The van der Waals surface area contributed by atoms with Crippen molar-refractivity contribution in [3.05, 3.63) is 137 Å². The molecule has 0 atom stereocenters. The molecular formula is C38H32F2N4O6S. The van der Waals surface area contributed by atoms with Gasteiger partial charge in [-0.2, -0.15) is 0 Å². The molecule has 2 amide bonds. The molecule has 0 unspecified atom stereocenters. The molecule has 0 bridgehead atoms. The third-order valence-corrected chi connectivity index (χ3v) is 9.35. The minimum Gasteiger partial charge on any atom is -0.486 e. The number of rotatable bonds is 11. The van der Waals surface area contributed by atoms with E-state index >= 15 is 0 Å². The number of carbonyl (C=O) groups excluding carboxylic acids is 2. The molecule has 2 aromatic heterocycles. The first-order valence-electron chi connectivity index (χ1n) is 15.7. The van der Waals surface area contributed by atoms with Crippen LogP contribution in [0.1, 0.15) is 32.0 Å². The number of anilines is 1. The van der Waals surface area contributed by atoms with Gasteiger partial charge in [-0.3, -0.25) is 13.9 Å². The van der Waals surface area contributed by atoms with Crippen LogP contribution in [0.3, 0.4) is 0 Å². The quantitative estimate of drug-likeness (QED) is 0.153. The Balaban J connectivity index is 1.51.